The van der Waals surface area contributed by atoms with Crippen molar-refractivity contribution < 1.29 is 14.3 Å². The van der Waals surface area contributed by atoms with Crippen LogP contribution < -0.4 is 15.2 Å². The number of likely N-dealkylation sites (N-methyl/N-ethyl adjacent to an activating group) is 1. The molecule has 1 amide bonds. The van der Waals surface area contributed by atoms with Gasteiger partial charge in [-0.15, -0.1) is 24.8 Å². The Bertz CT molecular complexity index is 829. The van der Waals surface area contributed by atoms with Crippen LogP contribution >= 0.6 is 24.8 Å². The van der Waals surface area contributed by atoms with Gasteiger partial charge in [-0.2, -0.15) is 0 Å². The maximum Gasteiger partial charge on any atom is 0.260 e. The molecule has 0 saturated carbocycles. The van der Waals surface area contributed by atoms with Gasteiger partial charge in [0.2, 0.25) is 0 Å². The minimum absolute atomic E-state index is 0. The first-order valence-electron chi connectivity index (χ1n) is 9.00. The van der Waals surface area contributed by atoms with E-state index in [1.54, 1.807) is 19.2 Å². The van der Waals surface area contributed by atoms with Gasteiger partial charge in [0.25, 0.3) is 5.91 Å². The van der Waals surface area contributed by atoms with E-state index in [0.717, 1.165) is 41.1 Å². The third-order valence-corrected chi connectivity index (χ3v) is 4.60. The summed E-state index contributed by atoms with van der Waals surface area (Å²) in [7, 11) is 3.09. The molecule has 7 nitrogen and oxygen atoms in total. The number of hydrogen-bond acceptors (Lipinski definition) is 5. The maximum absolute atomic E-state index is 12.6. The van der Waals surface area contributed by atoms with E-state index in [0.29, 0.717) is 17.9 Å². The average molecular weight is 445 g/mol. The summed E-state index contributed by atoms with van der Waals surface area (Å²) in [4.78, 5) is 16.0. The molecule has 0 aliphatic carbocycles. The number of fused-ring (bicyclic) bond motifs is 1. The van der Waals surface area contributed by atoms with E-state index in [9.17, 15) is 4.79 Å². The third-order valence-electron chi connectivity index (χ3n) is 4.60. The molecule has 0 atom stereocenters. The van der Waals surface area contributed by atoms with Crippen LogP contribution in [0.2, 0.25) is 0 Å². The van der Waals surface area contributed by atoms with Crippen LogP contribution in [0.1, 0.15) is 24.2 Å². The highest BCUT2D eigenvalue weighted by Crippen LogP contribution is 2.31. The predicted octanol–water partition coefficient (Wildman–Crippen LogP) is 3.38. The molecule has 9 heteroatoms. The zero-order valence-corrected chi connectivity index (χ0v) is 18.9. The van der Waals surface area contributed by atoms with E-state index >= 15 is 0 Å². The molecule has 2 aromatic rings. The number of benzene rings is 2. The number of nitrogens with one attached hydrogen (secondary N) is 1. The summed E-state index contributed by atoms with van der Waals surface area (Å²) in [5.41, 5.74) is 5.86. The Morgan fingerprint density at radius 1 is 1.14 bits per heavy atom. The number of hydrogen-bond donors (Lipinski definition) is 2. The Hall–Kier alpha value is -2.22. The Labute approximate surface area is 184 Å². The number of carbonyl (C=O) groups excluding carboxylic acids is 1. The van der Waals surface area contributed by atoms with Crippen molar-refractivity contribution in [2.45, 2.75) is 13.8 Å². The van der Waals surface area contributed by atoms with E-state index < -0.39 is 0 Å². The number of amides is 1. The average Bonchev–Trinajstić information content (AvgIpc) is 2.69. The summed E-state index contributed by atoms with van der Waals surface area (Å²) in [5, 5.41) is 9.21. The molecule has 162 valence electrons. The topological polar surface area (TPSA) is 91.9 Å². The van der Waals surface area contributed by atoms with Crippen molar-refractivity contribution in [3.05, 3.63) is 35.9 Å². The van der Waals surface area contributed by atoms with Gasteiger partial charge in [0.05, 0.1) is 7.11 Å². The van der Waals surface area contributed by atoms with Crippen molar-refractivity contribution in [2.24, 2.45) is 5.73 Å². The van der Waals surface area contributed by atoms with Crippen molar-refractivity contribution in [3.8, 4) is 11.5 Å². The van der Waals surface area contributed by atoms with Crippen LogP contribution in [0.15, 0.2) is 30.3 Å². The Kier molecular flexibility index (Phi) is 11.4. The minimum atomic E-state index is -0.353. The quantitative estimate of drug-likeness (QED) is 0.480. The lowest BCUT2D eigenvalue weighted by Gasteiger charge is -2.20. The fraction of sp³-hybridized carbons (Fsp3) is 0.400. The fourth-order valence-corrected chi connectivity index (χ4v) is 2.80. The maximum atomic E-state index is 12.6. The van der Waals surface area contributed by atoms with Crippen LogP contribution in [0.25, 0.3) is 10.8 Å². The monoisotopic (exact) mass is 444 g/mol. The molecule has 0 aliphatic rings. The first-order valence-corrected chi connectivity index (χ1v) is 9.00. The van der Waals surface area contributed by atoms with Gasteiger partial charge >= 0.3 is 0 Å². The van der Waals surface area contributed by atoms with Gasteiger partial charge in [0.1, 0.15) is 18.1 Å². The van der Waals surface area contributed by atoms with Gasteiger partial charge in [0.15, 0.2) is 5.96 Å². The number of nitrogens with zero attached hydrogens (tertiary/aromatic N) is 2. The molecule has 0 unspecified atom stereocenters. The summed E-state index contributed by atoms with van der Waals surface area (Å²) in [5.74, 6) is 0.669. The molecule has 0 fully saturated rings. The first-order chi connectivity index (χ1) is 12.9. The van der Waals surface area contributed by atoms with Crippen LogP contribution in [0.3, 0.4) is 0 Å². The van der Waals surface area contributed by atoms with E-state index in [1.807, 2.05) is 18.2 Å². The molecular weight excluding hydrogens is 415 g/mol. The van der Waals surface area contributed by atoms with E-state index in [1.165, 1.54) is 7.05 Å². The van der Waals surface area contributed by atoms with Gasteiger partial charge in [-0.25, -0.2) is 0 Å². The summed E-state index contributed by atoms with van der Waals surface area (Å²) >= 11 is 0. The fourth-order valence-electron chi connectivity index (χ4n) is 2.80. The second-order valence-electron chi connectivity index (χ2n) is 6.19. The summed E-state index contributed by atoms with van der Waals surface area (Å²) in [6.45, 7) is 7.44. The highest BCUT2D eigenvalue weighted by molar-refractivity contribution is 6.07. The lowest BCUT2D eigenvalue weighted by molar-refractivity contribution is 0.0868. The standard InChI is InChI=1S/C20H28N4O3.2ClH/c1-5-24(6-2)9-10-27-18-12-15(19(25)23(3)20(21)22)11-14-7-8-16(26-4)13-17(14)18;;/h7-8,11-13H,5-6,9-10H2,1-4H3,(H3,21,22);2*1H. The molecule has 0 radical (unpaired) electrons. The summed E-state index contributed by atoms with van der Waals surface area (Å²) < 4.78 is 11.3. The van der Waals surface area contributed by atoms with Gasteiger partial charge in [-0.3, -0.25) is 15.1 Å². The summed E-state index contributed by atoms with van der Waals surface area (Å²) in [6, 6.07) is 9.09. The molecule has 0 aliphatic heterocycles. The zero-order chi connectivity index (χ0) is 20.0. The number of ether oxygens (including phenoxy) is 2. The zero-order valence-electron chi connectivity index (χ0n) is 17.2. The largest absolute Gasteiger partial charge is 0.497 e. The van der Waals surface area contributed by atoms with Crippen LogP contribution in [0, 0.1) is 5.41 Å². The van der Waals surface area contributed by atoms with Crippen molar-refractivity contribution in [1.82, 2.24) is 9.80 Å². The smallest absolute Gasteiger partial charge is 0.260 e. The second-order valence-corrected chi connectivity index (χ2v) is 6.19. The molecule has 29 heavy (non-hydrogen) atoms. The van der Waals surface area contributed by atoms with Crippen LogP contribution in [0.4, 0.5) is 0 Å². The van der Waals surface area contributed by atoms with E-state index in [4.69, 9.17) is 20.6 Å². The molecule has 2 aromatic carbocycles. The van der Waals surface area contributed by atoms with Crippen molar-refractivity contribution >= 4 is 47.5 Å². The number of halogens is 2. The number of nitrogens with two attached hydrogens (primary N) is 1. The number of rotatable bonds is 8. The molecule has 0 aromatic heterocycles. The molecule has 0 bridgehead atoms. The van der Waals surface area contributed by atoms with E-state index in [-0.39, 0.29) is 36.7 Å². The van der Waals surface area contributed by atoms with E-state index in [2.05, 4.69) is 18.7 Å². The molecule has 0 spiro atoms. The van der Waals surface area contributed by atoms with Gasteiger partial charge in [-0.05, 0) is 42.7 Å². The SMILES string of the molecule is CCN(CC)CCOc1cc(C(=O)N(C)C(=N)N)cc2ccc(OC)cc12.Cl.Cl. The molecule has 0 saturated heterocycles. The Morgan fingerprint density at radius 3 is 2.34 bits per heavy atom. The Balaban J connectivity index is 0.00000392. The third kappa shape index (κ3) is 6.66. The van der Waals surface area contributed by atoms with Crippen LogP contribution in [-0.4, -0.2) is 62.1 Å². The summed E-state index contributed by atoms with van der Waals surface area (Å²) in [6.07, 6.45) is 0. The highest BCUT2D eigenvalue weighted by Gasteiger charge is 2.17. The lowest BCUT2D eigenvalue weighted by Crippen LogP contribution is -2.37. The van der Waals surface area contributed by atoms with Crippen LogP contribution in [0.5, 0.6) is 11.5 Å². The minimum Gasteiger partial charge on any atom is -0.497 e. The second kappa shape index (κ2) is 12.4. The first kappa shape index (κ1) is 26.8. The highest BCUT2D eigenvalue weighted by atomic mass is 35.5. The molecule has 2 rings (SSSR count). The Morgan fingerprint density at radius 2 is 1.79 bits per heavy atom. The molecule has 3 N–H and O–H groups in total. The van der Waals surface area contributed by atoms with Gasteiger partial charge in [0, 0.05) is 24.5 Å². The lowest BCUT2D eigenvalue weighted by atomic mass is 10.0. The molecular formula is C20H30Cl2N4O3. The van der Waals surface area contributed by atoms with Crippen LogP contribution in [-0.2, 0) is 0 Å². The van der Waals surface area contributed by atoms with Crippen molar-refractivity contribution in [3.63, 3.8) is 0 Å². The normalized spacial score (nSPS) is 10.1. The van der Waals surface area contributed by atoms with Crippen molar-refractivity contribution in [1.29, 1.82) is 5.41 Å². The van der Waals surface area contributed by atoms with Gasteiger partial charge < -0.3 is 20.1 Å². The molecule has 0 heterocycles. The van der Waals surface area contributed by atoms with Crippen molar-refractivity contribution in [2.75, 3.05) is 40.4 Å². The van der Waals surface area contributed by atoms with Gasteiger partial charge in [-0.1, -0.05) is 19.9 Å². The number of methoxy groups -OCH3 is 1. The number of carbonyl (C=O) groups is 1. The predicted molar refractivity (Wildman–Crippen MR) is 122 cm³/mol. The number of guanidine groups is 1.